The first-order valence-electron chi connectivity index (χ1n) is 11.6. The molecule has 1 unspecified atom stereocenters. The van der Waals surface area contributed by atoms with Gasteiger partial charge in [0, 0.05) is 31.2 Å². The predicted molar refractivity (Wildman–Crippen MR) is 123 cm³/mol. The van der Waals surface area contributed by atoms with Crippen LogP contribution in [-0.4, -0.2) is 54.8 Å². The summed E-state index contributed by atoms with van der Waals surface area (Å²) in [5, 5.41) is 2.95. The number of ether oxygens (including phenoxy) is 3. The number of nitrogens with one attached hydrogen (secondary N) is 1. The van der Waals surface area contributed by atoms with Gasteiger partial charge in [0.2, 0.25) is 5.91 Å². The van der Waals surface area contributed by atoms with Gasteiger partial charge in [-0.2, -0.15) is 0 Å². The standard InChI is InChI=1S/C25H31N3O5/c1-16-18-11-21-22(33-9-8-32-21)12-19(18)25(6-4-5-7-25)15-28(16)14-23(29)26-17-10-20(24(30)31-3)27(2)13-17/h10-13,16H,4-9,14-15H2,1-3H3,(H,26,29). The number of fused-ring (bicyclic) bond motifs is 3. The van der Waals surface area contributed by atoms with Crippen molar-refractivity contribution in [2.45, 2.75) is 44.1 Å². The molecule has 1 atom stereocenters. The third kappa shape index (κ3) is 3.86. The van der Waals surface area contributed by atoms with Crippen molar-refractivity contribution in [3.8, 4) is 11.5 Å². The first-order valence-corrected chi connectivity index (χ1v) is 11.6. The smallest absolute Gasteiger partial charge is 0.354 e. The summed E-state index contributed by atoms with van der Waals surface area (Å²) < 4.78 is 18.2. The van der Waals surface area contributed by atoms with Gasteiger partial charge >= 0.3 is 5.97 Å². The molecule has 0 radical (unpaired) electrons. The van der Waals surface area contributed by atoms with E-state index >= 15 is 0 Å². The third-order valence-corrected chi connectivity index (χ3v) is 7.38. The number of benzene rings is 1. The maximum absolute atomic E-state index is 13.0. The normalized spacial score (nSPS) is 21.0. The Hall–Kier alpha value is -3.00. The van der Waals surface area contributed by atoms with Crippen LogP contribution in [0.25, 0.3) is 0 Å². The van der Waals surface area contributed by atoms with E-state index in [-0.39, 0.29) is 23.9 Å². The van der Waals surface area contributed by atoms with E-state index in [0.29, 0.717) is 24.6 Å². The van der Waals surface area contributed by atoms with Crippen LogP contribution >= 0.6 is 0 Å². The van der Waals surface area contributed by atoms with Crippen molar-refractivity contribution < 1.29 is 23.8 Å². The molecule has 176 valence electrons. The van der Waals surface area contributed by atoms with Crippen LogP contribution < -0.4 is 14.8 Å². The number of hydrogen-bond acceptors (Lipinski definition) is 6. The number of esters is 1. The molecule has 1 aromatic heterocycles. The zero-order valence-electron chi connectivity index (χ0n) is 19.5. The Bertz CT molecular complexity index is 1090. The maximum atomic E-state index is 13.0. The van der Waals surface area contributed by atoms with Crippen LogP contribution in [0.1, 0.15) is 60.3 Å². The molecule has 2 aliphatic heterocycles. The van der Waals surface area contributed by atoms with E-state index in [2.05, 4.69) is 29.3 Å². The number of carbonyl (C=O) groups excluding carboxylic acids is 2. The average Bonchev–Trinajstić information content (AvgIpc) is 3.42. The van der Waals surface area contributed by atoms with Gasteiger partial charge in [0.1, 0.15) is 18.9 Å². The Kier molecular flexibility index (Phi) is 5.56. The molecule has 33 heavy (non-hydrogen) atoms. The van der Waals surface area contributed by atoms with Crippen LogP contribution in [0.4, 0.5) is 5.69 Å². The van der Waals surface area contributed by atoms with Crippen LogP contribution in [0.3, 0.4) is 0 Å². The minimum absolute atomic E-state index is 0.0444. The molecule has 1 aliphatic carbocycles. The lowest BCUT2D eigenvalue weighted by Crippen LogP contribution is -2.48. The monoisotopic (exact) mass is 453 g/mol. The van der Waals surface area contributed by atoms with Crippen molar-refractivity contribution in [3.05, 3.63) is 41.2 Å². The molecular weight excluding hydrogens is 422 g/mol. The number of hydrogen-bond donors (Lipinski definition) is 1. The summed E-state index contributed by atoms with van der Waals surface area (Å²) in [5.41, 5.74) is 3.61. The van der Waals surface area contributed by atoms with Crippen molar-refractivity contribution in [3.63, 3.8) is 0 Å². The Balaban J connectivity index is 1.38. The number of methoxy groups -OCH3 is 1. The second-order valence-electron chi connectivity index (χ2n) is 9.42. The van der Waals surface area contributed by atoms with E-state index in [1.54, 1.807) is 23.9 Å². The molecule has 1 N–H and O–H groups in total. The average molecular weight is 454 g/mol. The van der Waals surface area contributed by atoms with Gasteiger partial charge in [0.15, 0.2) is 11.5 Å². The summed E-state index contributed by atoms with van der Waals surface area (Å²) in [6.07, 6.45) is 6.35. The topological polar surface area (TPSA) is 82.0 Å². The summed E-state index contributed by atoms with van der Waals surface area (Å²) in [7, 11) is 3.10. The molecule has 3 heterocycles. The number of rotatable bonds is 4. The molecular formula is C25H31N3O5. The van der Waals surface area contributed by atoms with Crippen molar-refractivity contribution in [1.82, 2.24) is 9.47 Å². The number of anilines is 1. The summed E-state index contributed by atoms with van der Waals surface area (Å²) in [4.78, 5) is 27.2. The summed E-state index contributed by atoms with van der Waals surface area (Å²) in [6.45, 7) is 4.41. The van der Waals surface area contributed by atoms with E-state index < -0.39 is 5.97 Å². The van der Waals surface area contributed by atoms with E-state index in [4.69, 9.17) is 14.2 Å². The first-order chi connectivity index (χ1) is 15.9. The molecule has 5 rings (SSSR count). The predicted octanol–water partition coefficient (Wildman–Crippen LogP) is 3.41. The van der Waals surface area contributed by atoms with Gasteiger partial charge in [0.25, 0.3) is 0 Å². The fourth-order valence-electron chi connectivity index (χ4n) is 5.71. The largest absolute Gasteiger partial charge is 0.486 e. The molecule has 1 spiro atoms. The van der Waals surface area contributed by atoms with Crippen LogP contribution in [0, 0.1) is 0 Å². The highest BCUT2D eigenvalue weighted by Gasteiger charge is 2.45. The highest BCUT2D eigenvalue weighted by molar-refractivity contribution is 5.95. The molecule has 1 amide bonds. The van der Waals surface area contributed by atoms with E-state index in [0.717, 1.165) is 30.9 Å². The lowest BCUT2D eigenvalue weighted by atomic mass is 9.71. The second-order valence-corrected chi connectivity index (χ2v) is 9.42. The molecule has 2 aromatic rings. The van der Waals surface area contributed by atoms with Gasteiger partial charge in [0.05, 0.1) is 19.3 Å². The zero-order valence-corrected chi connectivity index (χ0v) is 19.5. The Morgan fingerprint density at radius 2 is 1.85 bits per heavy atom. The summed E-state index contributed by atoms with van der Waals surface area (Å²) in [6, 6.07) is 6.04. The van der Waals surface area contributed by atoms with Crippen molar-refractivity contribution in [2.75, 3.05) is 38.7 Å². The molecule has 0 bridgehead atoms. The number of aromatic nitrogens is 1. The lowest BCUT2D eigenvalue weighted by molar-refractivity contribution is -0.118. The SMILES string of the molecule is COC(=O)c1cc(NC(=O)CN2CC3(CCCC3)c3cc4c(cc3C2C)OCCO4)cn1C. The highest BCUT2D eigenvalue weighted by atomic mass is 16.6. The highest BCUT2D eigenvalue weighted by Crippen LogP contribution is 2.51. The Morgan fingerprint density at radius 3 is 2.55 bits per heavy atom. The molecule has 1 fully saturated rings. The third-order valence-electron chi connectivity index (χ3n) is 7.38. The number of nitrogens with zero attached hydrogens (tertiary/aromatic N) is 2. The van der Waals surface area contributed by atoms with Crippen LogP contribution in [0.15, 0.2) is 24.4 Å². The second kappa shape index (κ2) is 8.41. The van der Waals surface area contributed by atoms with Crippen molar-refractivity contribution >= 4 is 17.6 Å². The van der Waals surface area contributed by atoms with Crippen molar-refractivity contribution in [2.24, 2.45) is 7.05 Å². The number of amides is 1. The molecule has 3 aliphatic rings. The van der Waals surface area contributed by atoms with Gasteiger partial charge in [-0.3, -0.25) is 9.69 Å². The molecule has 8 nitrogen and oxygen atoms in total. The molecule has 8 heteroatoms. The van der Waals surface area contributed by atoms with E-state index in [9.17, 15) is 9.59 Å². The summed E-state index contributed by atoms with van der Waals surface area (Å²) >= 11 is 0. The minimum atomic E-state index is -0.433. The lowest BCUT2D eigenvalue weighted by Gasteiger charge is -2.46. The molecule has 1 saturated carbocycles. The van der Waals surface area contributed by atoms with E-state index in [1.807, 2.05) is 0 Å². The van der Waals surface area contributed by atoms with Gasteiger partial charge in [-0.15, -0.1) is 0 Å². The minimum Gasteiger partial charge on any atom is -0.486 e. The van der Waals surface area contributed by atoms with E-state index in [1.165, 1.54) is 31.1 Å². The van der Waals surface area contributed by atoms with Gasteiger partial charge in [-0.1, -0.05) is 12.8 Å². The number of aryl methyl sites for hydroxylation is 1. The fourth-order valence-corrected chi connectivity index (χ4v) is 5.71. The number of carbonyl (C=O) groups is 2. The van der Waals surface area contributed by atoms with Gasteiger partial charge in [-0.25, -0.2) is 4.79 Å². The van der Waals surface area contributed by atoms with Crippen LogP contribution in [0.5, 0.6) is 11.5 Å². The summed E-state index contributed by atoms with van der Waals surface area (Å²) in [5.74, 6) is 1.11. The quantitative estimate of drug-likeness (QED) is 0.715. The van der Waals surface area contributed by atoms with Crippen LogP contribution in [-0.2, 0) is 22.0 Å². The van der Waals surface area contributed by atoms with Crippen LogP contribution in [0.2, 0.25) is 0 Å². The fraction of sp³-hybridized carbons (Fsp3) is 0.520. The van der Waals surface area contributed by atoms with Gasteiger partial charge < -0.3 is 24.1 Å². The van der Waals surface area contributed by atoms with Crippen molar-refractivity contribution in [1.29, 1.82) is 0 Å². The zero-order chi connectivity index (χ0) is 23.2. The maximum Gasteiger partial charge on any atom is 0.354 e. The molecule has 0 saturated heterocycles. The Labute approximate surface area is 193 Å². The molecule has 1 aromatic carbocycles. The first kappa shape index (κ1) is 21.8. The van der Waals surface area contributed by atoms with Gasteiger partial charge in [-0.05, 0) is 49.1 Å². The Morgan fingerprint density at radius 1 is 1.15 bits per heavy atom.